The third-order valence-corrected chi connectivity index (χ3v) is 5.49. The van der Waals surface area contributed by atoms with Crippen LogP contribution in [0, 0.1) is 10.1 Å². The van der Waals surface area contributed by atoms with E-state index in [0.717, 1.165) is 21.4 Å². The highest BCUT2D eigenvalue weighted by molar-refractivity contribution is 6.23. The lowest BCUT2D eigenvalue weighted by molar-refractivity contribution is -0.385. The minimum Gasteiger partial charge on any atom is -0.326 e. The molecular formula is C24H21N3O5. The third-order valence-electron chi connectivity index (χ3n) is 5.49. The molecule has 32 heavy (non-hydrogen) atoms. The van der Waals surface area contributed by atoms with Crippen molar-refractivity contribution in [1.29, 1.82) is 0 Å². The number of nitro benzene ring substituents is 1. The lowest BCUT2D eigenvalue weighted by Crippen LogP contribution is -2.30. The molecule has 0 radical (unpaired) electrons. The van der Waals surface area contributed by atoms with Gasteiger partial charge in [0, 0.05) is 24.7 Å². The lowest BCUT2D eigenvalue weighted by Gasteiger charge is -2.13. The predicted octanol–water partition coefficient (Wildman–Crippen LogP) is 4.54. The van der Waals surface area contributed by atoms with Crippen LogP contribution in [0.25, 0.3) is 10.8 Å². The molecule has 162 valence electrons. The fraction of sp³-hybridized carbons (Fsp3) is 0.208. The van der Waals surface area contributed by atoms with E-state index in [4.69, 9.17) is 0 Å². The van der Waals surface area contributed by atoms with E-state index in [1.54, 1.807) is 0 Å². The fourth-order valence-corrected chi connectivity index (χ4v) is 3.89. The first-order valence-corrected chi connectivity index (χ1v) is 10.4. The Kier molecular flexibility index (Phi) is 5.93. The molecule has 0 aromatic heterocycles. The number of carbonyl (C=O) groups is 3. The number of anilines is 1. The molecule has 0 aliphatic carbocycles. The summed E-state index contributed by atoms with van der Waals surface area (Å²) in [5, 5.41) is 16.2. The molecule has 0 bridgehead atoms. The standard InChI is InChI=1S/C24H21N3O5/c28-21(25-18-13-12-16-7-3-4-8-17(16)15-18)11-2-1-5-14-26-23(29)19-9-6-10-20(27(31)32)22(19)24(26)30/h3-4,6-10,12-13,15H,1-2,5,11,14H2,(H,25,28). The van der Waals surface area contributed by atoms with Crippen molar-refractivity contribution in [2.45, 2.75) is 25.7 Å². The number of hydrogen-bond donors (Lipinski definition) is 1. The largest absolute Gasteiger partial charge is 0.326 e. The molecule has 0 saturated carbocycles. The zero-order valence-corrected chi connectivity index (χ0v) is 17.2. The molecule has 1 N–H and O–H groups in total. The molecular weight excluding hydrogens is 410 g/mol. The highest BCUT2D eigenvalue weighted by atomic mass is 16.6. The SMILES string of the molecule is O=C(CCCCCN1C(=O)c2cccc([N+](=O)[O-])c2C1=O)Nc1ccc2ccccc2c1. The molecule has 3 amide bonds. The zero-order valence-electron chi connectivity index (χ0n) is 17.2. The van der Waals surface area contributed by atoms with Gasteiger partial charge in [-0.1, -0.05) is 42.8 Å². The minimum absolute atomic E-state index is 0.0685. The summed E-state index contributed by atoms with van der Waals surface area (Å²) in [7, 11) is 0. The van der Waals surface area contributed by atoms with Crippen LogP contribution in [-0.4, -0.2) is 34.1 Å². The van der Waals surface area contributed by atoms with Crippen LogP contribution in [-0.2, 0) is 4.79 Å². The normalized spacial score (nSPS) is 12.8. The molecule has 8 heteroatoms. The van der Waals surface area contributed by atoms with Crippen molar-refractivity contribution >= 4 is 39.9 Å². The monoisotopic (exact) mass is 431 g/mol. The van der Waals surface area contributed by atoms with Gasteiger partial charge in [-0.15, -0.1) is 0 Å². The number of hydrogen-bond acceptors (Lipinski definition) is 5. The number of rotatable bonds is 8. The molecule has 0 saturated heterocycles. The van der Waals surface area contributed by atoms with E-state index in [1.807, 2.05) is 42.5 Å². The summed E-state index contributed by atoms with van der Waals surface area (Å²) in [5.41, 5.74) is 0.311. The third kappa shape index (κ3) is 4.20. The highest BCUT2D eigenvalue weighted by Gasteiger charge is 2.40. The van der Waals surface area contributed by atoms with Gasteiger partial charge < -0.3 is 5.32 Å². The van der Waals surface area contributed by atoms with Gasteiger partial charge in [0.15, 0.2) is 0 Å². The lowest BCUT2D eigenvalue weighted by atomic mass is 10.1. The van der Waals surface area contributed by atoms with Crippen molar-refractivity contribution in [2.24, 2.45) is 0 Å². The van der Waals surface area contributed by atoms with Crippen LogP contribution in [0.5, 0.6) is 0 Å². The molecule has 1 heterocycles. The zero-order chi connectivity index (χ0) is 22.7. The van der Waals surface area contributed by atoms with Crippen LogP contribution in [0.4, 0.5) is 11.4 Å². The summed E-state index contributed by atoms with van der Waals surface area (Å²) in [4.78, 5) is 48.8. The summed E-state index contributed by atoms with van der Waals surface area (Å²) < 4.78 is 0. The Morgan fingerprint density at radius 2 is 1.69 bits per heavy atom. The van der Waals surface area contributed by atoms with Gasteiger partial charge in [0.1, 0.15) is 5.56 Å². The Bertz CT molecular complexity index is 1240. The average Bonchev–Trinajstić information content (AvgIpc) is 3.03. The maximum absolute atomic E-state index is 12.5. The molecule has 1 aliphatic heterocycles. The van der Waals surface area contributed by atoms with Gasteiger partial charge >= 0.3 is 0 Å². The number of benzene rings is 3. The van der Waals surface area contributed by atoms with Gasteiger partial charge in [0.05, 0.1) is 10.5 Å². The van der Waals surface area contributed by atoms with Gasteiger partial charge in [0.25, 0.3) is 17.5 Å². The first-order valence-electron chi connectivity index (χ1n) is 10.4. The Morgan fingerprint density at radius 3 is 2.47 bits per heavy atom. The van der Waals surface area contributed by atoms with E-state index in [-0.39, 0.29) is 29.3 Å². The maximum atomic E-state index is 12.5. The van der Waals surface area contributed by atoms with Gasteiger partial charge in [-0.05, 0) is 41.8 Å². The Hall–Kier alpha value is -4.07. The molecule has 3 aromatic carbocycles. The first-order chi connectivity index (χ1) is 15.5. The van der Waals surface area contributed by atoms with Crippen LogP contribution in [0.3, 0.4) is 0 Å². The van der Waals surface area contributed by atoms with Crippen molar-refractivity contribution in [2.75, 3.05) is 11.9 Å². The Labute approximate surface area is 184 Å². The smallest absolute Gasteiger partial charge is 0.282 e. The highest BCUT2D eigenvalue weighted by Crippen LogP contribution is 2.30. The van der Waals surface area contributed by atoms with E-state index in [9.17, 15) is 24.5 Å². The Balaban J connectivity index is 1.25. The van der Waals surface area contributed by atoms with Crippen molar-refractivity contribution in [3.63, 3.8) is 0 Å². The minimum atomic E-state index is -0.651. The quantitative estimate of drug-likeness (QED) is 0.244. The number of nitro groups is 1. The molecule has 4 rings (SSSR count). The summed E-state index contributed by atoms with van der Waals surface area (Å²) >= 11 is 0. The number of unbranched alkanes of at least 4 members (excludes halogenated alkanes) is 2. The number of carbonyl (C=O) groups excluding carboxylic acids is 3. The number of amides is 3. The fourth-order valence-electron chi connectivity index (χ4n) is 3.89. The van der Waals surface area contributed by atoms with Crippen LogP contribution < -0.4 is 5.32 Å². The number of nitrogens with one attached hydrogen (secondary N) is 1. The van der Waals surface area contributed by atoms with E-state index in [2.05, 4.69) is 5.32 Å². The molecule has 0 atom stereocenters. The predicted molar refractivity (Wildman–Crippen MR) is 120 cm³/mol. The van der Waals surface area contributed by atoms with Crippen LogP contribution in [0.1, 0.15) is 46.4 Å². The second-order valence-electron chi connectivity index (χ2n) is 7.64. The van der Waals surface area contributed by atoms with Crippen LogP contribution in [0.2, 0.25) is 0 Å². The molecule has 8 nitrogen and oxygen atoms in total. The summed E-state index contributed by atoms with van der Waals surface area (Å²) in [6.45, 7) is 0.162. The van der Waals surface area contributed by atoms with Crippen molar-refractivity contribution in [3.8, 4) is 0 Å². The van der Waals surface area contributed by atoms with Gasteiger partial charge in [-0.25, -0.2) is 0 Å². The van der Waals surface area contributed by atoms with Gasteiger partial charge in [-0.3, -0.25) is 29.4 Å². The van der Waals surface area contributed by atoms with E-state index in [1.165, 1.54) is 18.2 Å². The first kappa shape index (κ1) is 21.2. The van der Waals surface area contributed by atoms with Crippen molar-refractivity contribution < 1.29 is 19.3 Å². The summed E-state index contributed by atoms with van der Waals surface area (Å²) in [6.07, 6.45) is 2.08. The van der Waals surface area contributed by atoms with Crippen LogP contribution in [0.15, 0.2) is 60.7 Å². The summed E-state index contributed by atoms with van der Waals surface area (Å²) in [6, 6.07) is 17.7. The number of nitrogens with zero attached hydrogens (tertiary/aromatic N) is 2. The topological polar surface area (TPSA) is 110 Å². The molecule has 0 fully saturated rings. The Morgan fingerprint density at radius 1 is 0.906 bits per heavy atom. The molecule has 0 unspecified atom stereocenters. The molecule has 0 spiro atoms. The molecule has 1 aliphatic rings. The maximum Gasteiger partial charge on any atom is 0.282 e. The van der Waals surface area contributed by atoms with E-state index >= 15 is 0 Å². The van der Waals surface area contributed by atoms with Gasteiger partial charge in [-0.2, -0.15) is 0 Å². The van der Waals surface area contributed by atoms with Crippen molar-refractivity contribution in [1.82, 2.24) is 4.90 Å². The van der Waals surface area contributed by atoms with Crippen molar-refractivity contribution in [3.05, 3.63) is 81.9 Å². The average molecular weight is 431 g/mol. The molecule has 3 aromatic rings. The van der Waals surface area contributed by atoms with Crippen LogP contribution >= 0.6 is 0 Å². The summed E-state index contributed by atoms with van der Waals surface area (Å²) in [5.74, 6) is -1.24. The second kappa shape index (κ2) is 8.97. The van der Waals surface area contributed by atoms with E-state index in [0.29, 0.717) is 25.7 Å². The van der Waals surface area contributed by atoms with E-state index < -0.39 is 16.7 Å². The van der Waals surface area contributed by atoms with Gasteiger partial charge in [0.2, 0.25) is 5.91 Å². The number of fused-ring (bicyclic) bond motifs is 2. The second-order valence-corrected chi connectivity index (χ2v) is 7.64. The number of imide groups is 1.